The molecule has 0 aliphatic rings. The summed E-state index contributed by atoms with van der Waals surface area (Å²) < 4.78 is 6.77. The molecule has 0 radical (unpaired) electrons. The Morgan fingerprint density at radius 2 is 2.05 bits per heavy atom. The van der Waals surface area contributed by atoms with Crippen molar-refractivity contribution in [3.8, 4) is 0 Å². The zero-order chi connectivity index (χ0) is 14.5. The predicted octanol–water partition coefficient (Wildman–Crippen LogP) is 4.52. The Labute approximate surface area is 145 Å². The summed E-state index contributed by atoms with van der Waals surface area (Å²) in [5.41, 5.74) is 0.749. The normalized spacial score (nSPS) is 10.6. The van der Waals surface area contributed by atoms with Gasteiger partial charge in [0.1, 0.15) is 0 Å². The summed E-state index contributed by atoms with van der Waals surface area (Å²) in [5.74, 6) is 0.244. The van der Waals surface area contributed by atoms with Gasteiger partial charge < -0.3 is 5.32 Å². The van der Waals surface area contributed by atoms with Crippen LogP contribution in [-0.4, -0.2) is 27.3 Å². The summed E-state index contributed by atoms with van der Waals surface area (Å²) in [6.45, 7) is 0. The van der Waals surface area contributed by atoms with Crippen LogP contribution >= 0.6 is 66.9 Å². The molecule has 9 heteroatoms. The average molecular weight is 455 g/mol. The van der Waals surface area contributed by atoms with Gasteiger partial charge in [0.25, 0.3) is 0 Å². The number of aromatic nitrogens is 2. The van der Waals surface area contributed by atoms with Gasteiger partial charge in [0.2, 0.25) is 11.1 Å². The van der Waals surface area contributed by atoms with Gasteiger partial charge in [-0.2, -0.15) is 4.37 Å². The van der Waals surface area contributed by atoms with Crippen molar-refractivity contribution in [3.63, 3.8) is 0 Å². The number of nitrogens with one attached hydrogen (secondary N) is 1. The van der Waals surface area contributed by atoms with Crippen LogP contribution in [0, 0.1) is 0 Å². The van der Waals surface area contributed by atoms with Crippen LogP contribution in [0.4, 0.5) is 5.69 Å². The summed E-state index contributed by atoms with van der Waals surface area (Å²) >= 11 is 11.0. The molecule has 0 spiro atoms. The third kappa shape index (κ3) is 5.03. The first-order valence-electron chi connectivity index (χ1n) is 5.33. The van der Waals surface area contributed by atoms with Crippen molar-refractivity contribution in [3.05, 3.63) is 27.1 Å². The number of carbonyl (C=O) groups is 1. The van der Waals surface area contributed by atoms with Gasteiger partial charge in [0.05, 0.1) is 5.75 Å². The zero-order valence-electron chi connectivity index (χ0n) is 10.2. The largest absolute Gasteiger partial charge is 0.325 e. The predicted molar refractivity (Wildman–Crippen MR) is 92.9 cm³/mol. The lowest BCUT2D eigenvalue weighted by molar-refractivity contribution is -0.113. The maximum atomic E-state index is 11.9. The lowest BCUT2D eigenvalue weighted by Gasteiger charge is -2.05. The van der Waals surface area contributed by atoms with E-state index in [1.807, 2.05) is 24.5 Å². The number of hydrogen-bond acceptors (Lipinski definition) is 6. The second kappa shape index (κ2) is 7.79. The molecule has 0 fully saturated rings. The van der Waals surface area contributed by atoms with E-state index in [2.05, 4.69) is 46.5 Å². The minimum atomic E-state index is -0.0686. The Hall–Kier alpha value is -0.0900. The lowest BCUT2D eigenvalue weighted by Crippen LogP contribution is -2.13. The molecule has 0 aliphatic heterocycles. The van der Waals surface area contributed by atoms with Gasteiger partial charge in [-0.25, -0.2) is 4.98 Å². The number of anilines is 1. The summed E-state index contributed by atoms with van der Waals surface area (Å²) in [6, 6.07) is 5.61. The van der Waals surface area contributed by atoms with Crippen LogP contribution in [-0.2, 0) is 4.79 Å². The molecule has 1 aromatic heterocycles. The number of benzene rings is 1. The van der Waals surface area contributed by atoms with Crippen molar-refractivity contribution in [2.75, 3.05) is 17.3 Å². The van der Waals surface area contributed by atoms with Gasteiger partial charge in [-0.15, -0.1) is 0 Å². The quantitative estimate of drug-likeness (QED) is 0.673. The Morgan fingerprint density at radius 1 is 1.35 bits per heavy atom. The molecular weight excluding hydrogens is 446 g/mol. The van der Waals surface area contributed by atoms with E-state index in [0.29, 0.717) is 5.75 Å². The number of carbonyl (C=O) groups excluding carboxylic acids is 1. The highest BCUT2D eigenvalue weighted by molar-refractivity contribution is 9.11. The first-order valence-corrected chi connectivity index (χ1v) is 9.90. The van der Waals surface area contributed by atoms with Gasteiger partial charge in [0.15, 0.2) is 4.34 Å². The maximum absolute atomic E-state index is 11.9. The number of rotatable bonds is 5. The molecule has 0 bridgehead atoms. The fourth-order valence-corrected chi connectivity index (χ4v) is 4.59. The molecule has 1 aromatic carbocycles. The first kappa shape index (κ1) is 16.3. The Bertz CT molecular complexity index is 600. The van der Waals surface area contributed by atoms with Gasteiger partial charge in [-0.3, -0.25) is 4.79 Å². The monoisotopic (exact) mass is 453 g/mol. The van der Waals surface area contributed by atoms with Crippen LogP contribution in [0.15, 0.2) is 36.6 Å². The van der Waals surface area contributed by atoms with E-state index in [1.165, 1.54) is 35.1 Å². The van der Waals surface area contributed by atoms with E-state index in [-0.39, 0.29) is 5.91 Å². The average Bonchev–Trinajstić information content (AvgIpc) is 2.83. The van der Waals surface area contributed by atoms with E-state index in [0.717, 1.165) is 24.1 Å². The molecule has 106 valence electrons. The highest BCUT2D eigenvalue weighted by Crippen LogP contribution is 2.25. The van der Waals surface area contributed by atoms with Crippen molar-refractivity contribution < 1.29 is 4.79 Å². The van der Waals surface area contributed by atoms with E-state index < -0.39 is 0 Å². The summed E-state index contributed by atoms with van der Waals surface area (Å²) in [7, 11) is 0. The van der Waals surface area contributed by atoms with Crippen molar-refractivity contribution >= 4 is 78.5 Å². The molecule has 1 heterocycles. The molecule has 2 rings (SSSR count). The van der Waals surface area contributed by atoms with E-state index in [9.17, 15) is 4.79 Å². The van der Waals surface area contributed by atoms with E-state index >= 15 is 0 Å². The van der Waals surface area contributed by atoms with Crippen LogP contribution in [0.2, 0.25) is 0 Å². The molecule has 4 nitrogen and oxygen atoms in total. The SMILES string of the molecule is CSc1nsc(SCC(=O)Nc2cc(Br)cc(Br)c2)n1. The standard InChI is InChI=1S/C11H9Br2N3OS3/c1-18-10-15-11(20-16-10)19-5-9(17)14-8-3-6(12)2-7(13)4-8/h2-4H,5H2,1H3,(H,14,17). The van der Waals surface area contributed by atoms with Crippen LogP contribution in [0.1, 0.15) is 0 Å². The number of thioether (sulfide) groups is 2. The van der Waals surface area contributed by atoms with Crippen molar-refractivity contribution in [2.45, 2.75) is 9.50 Å². The number of hydrogen-bond donors (Lipinski definition) is 1. The Kier molecular flexibility index (Phi) is 6.34. The molecule has 0 atom stereocenters. The molecule has 0 unspecified atom stereocenters. The zero-order valence-corrected chi connectivity index (χ0v) is 15.8. The van der Waals surface area contributed by atoms with Gasteiger partial charge in [-0.05, 0) is 36.0 Å². The van der Waals surface area contributed by atoms with E-state index in [4.69, 9.17) is 0 Å². The molecule has 2 aromatic rings. The molecular formula is C11H9Br2N3OS3. The molecule has 0 aliphatic carbocycles. The summed E-state index contributed by atoms with van der Waals surface area (Å²) in [5, 5.41) is 3.59. The van der Waals surface area contributed by atoms with Crippen molar-refractivity contribution in [1.82, 2.24) is 9.36 Å². The fourth-order valence-electron chi connectivity index (χ4n) is 1.29. The molecule has 1 amide bonds. The summed E-state index contributed by atoms with van der Waals surface area (Å²) in [4.78, 5) is 16.1. The van der Waals surface area contributed by atoms with Crippen LogP contribution in [0.3, 0.4) is 0 Å². The van der Waals surface area contributed by atoms with Crippen molar-refractivity contribution in [2.24, 2.45) is 0 Å². The second-order valence-corrected chi connectivity index (χ2v) is 8.12. The van der Waals surface area contributed by atoms with Crippen LogP contribution in [0.5, 0.6) is 0 Å². The molecule has 1 N–H and O–H groups in total. The highest BCUT2D eigenvalue weighted by Gasteiger charge is 2.08. The first-order chi connectivity index (χ1) is 9.56. The second-order valence-electron chi connectivity index (χ2n) is 3.54. The Balaban J connectivity index is 1.89. The maximum Gasteiger partial charge on any atom is 0.234 e. The van der Waals surface area contributed by atoms with Gasteiger partial charge >= 0.3 is 0 Å². The van der Waals surface area contributed by atoms with Crippen LogP contribution in [0.25, 0.3) is 0 Å². The fraction of sp³-hybridized carbons (Fsp3) is 0.182. The highest BCUT2D eigenvalue weighted by atomic mass is 79.9. The third-order valence-corrected chi connectivity index (χ3v) is 5.46. The van der Waals surface area contributed by atoms with Gasteiger partial charge in [-0.1, -0.05) is 55.4 Å². The summed E-state index contributed by atoms with van der Waals surface area (Å²) in [6.07, 6.45) is 1.92. The molecule has 0 saturated heterocycles. The Morgan fingerprint density at radius 3 is 2.65 bits per heavy atom. The topological polar surface area (TPSA) is 54.9 Å². The van der Waals surface area contributed by atoms with Crippen LogP contribution < -0.4 is 5.32 Å². The molecule has 0 saturated carbocycles. The van der Waals surface area contributed by atoms with Gasteiger partial charge in [0, 0.05) is 14.6 Å². The number of amides is 1. The molecule has 20 heavy (non-hydrogen) atoms. The number of halogens is 2. The smallest absolute Gasteiger partial charge is 0.234 e. The minimum Gasteiger partial charge on any atom is -0.325 e. The number of nitrogens with zero attached hydrogens (tertiary/aromatic N) is 2. The van der Waals surface area contributed by atoms with Crippen molar-refractivity contribution in [1.29, 1.82) is 0 Å². The third-order valence-electron chi connectivity index (χ3n) is 2.04. The minimum absolute atomic E-state index is 0.0686. The lowest BCUT2D eigenvalue weighted by atomic mass is 10.3. The van der Waals surface area contributed by atoms with E-state index in [1.54, 1.807) is 0 Å².